The SMILES string of the molecule is CC1(C)C(/C=C/C=C/C=C2\N(CCC(=O)O)c3c(c4ccccc4c4ccccc34)C2(C)Cc2ccccc2)=[N+](CCC(=O)O)c2ccc3ccccc3c21. The van der Waals surface area contributed by atoms with Crippen molar-refractivity contribution in [2.45, 2.75) is 50.9 Å². The molecule has 0 saturated heterocycles. The van der Waals surface area contributed by atoms with Gasteiger partial charge in [0.15, 0.2) is 12.3 Å². The molecule has 0 fully saturated rings. The van der Waals surface area contributed by atoms with Crippen molar-refractivity contribution in [2.75, 3.05) is 18.0 Å². The molecular formula is C49H45N2O4+. The largest absolute Gasteiger partial charge is 0.481 e. The molecule has 2 aliphatic heterocycles. The molecule has 55 heavy (non-hydrogen) atoms. The number of carboxylic acid groups (broad SMARTS) is 2. The lowest BCUT2D eigenvalue weighted by molar-refractivity contribution is -0.436. The molecule has 0 amide bonds. The zero-order valence-corrected chi connectivity index (χ0v) is 31.5. The molecule has 0 saturated carbocycles. The van der Waals surface area contributed by atoms with E-state index in [0.29, 0.717) is 13.1 Å². The Kier molecular flexibility index (Phi) is 9.22. The molecule has 0 radical (unpaired) electrons. The fourth-order valence-corrected chi connectivity index (χ4v) is 9.25. The van der Waals surface area contributed by atoms with Crippen LogP contribution >= 0.6 is 0 Å². The van der Waals surface area contributed by atoms with Gasteiger partial charge in [-0.2, -0.15) is 4.58 Å². The summed E-state index contributed by atoms with van der Waals surface area (Å²) in [6.45, 7) is 7.43. The lowest BCUT2D eigenvalue weighted by atomic mass is 9.74. The van der Waals surface area contributed by atoms with Gasteiger partial charge in [0.05, 0.1) is 17.5 Å². The van der Waals surface area contributed by atoms with Gasteiger partial charge in [-0.25, -0.2) is 0 Å². The molecular weight excluding hydrogens is 681 g/mol. The number of fused-ring (bicyclic) bond motifs is 9. The van der Waals surface area contributed by atoms with Crippen molar-refractivity contribution in [3.05, 3.63) is 168 Å². The van der Waals surface area contributed by atoms with E-state index in [2.05, 4.69) is 152 Å². The summed E-state index contributed by atoms with van der Waals surface area (Å²) in [7, 11) is 0. The van der Waals surface area contributed by atoms with Crippen molar-refractivity contribution in [2.24, 2.45) is 0 Å². The normalized spacial score (nSPS) is 18.4. The van der Waals surface area contributed by atoms with Gasteiger partial charge in [0.2, 0.25) is 5.69 Å². The maximum atomic E-state index is 12.1. The molecule has 2 aliphatic rings. The van der Waals surface area contributed by atoms with Crippen molar-refractivity contribution in [1.29, 1.82) is 0 Å². The van der Waals surface area contributed by atoms with Crippen LogP contribution in [0.5, 0.6) is 0 Å². The Morgan fingerprint density at radius 2 is 1.27 bits per heavy atom. The number of aliphatic carboxylic acids is 2. The number of benzene rings is 6. The summed E-state index contributed by atoms with van der Waals surface area (Å²) in [6.07, 6.45) is 11.2. The van der Waals surface area contributed by atoms with Crippen LogP contribution < -0.4 is 4.90 Å². The molecule has 6 aromatic carbocycles. The molecule has 274 valence electrons. The average Bonchev–Trinajstić information content (AvgIpc) is 3.56. The molecule has 0 spiro atoms. The topological polar surface area (TPSA) is 80.9 Å². The third kappa shape index (κ3) is 6.21. The fraction of sp³-hybridized carbons (Fsp3) is 0.204. The number of allylic oxidation sites excluding steroid dienone is 6. The van der Waals surface area contributed by atoms with Gasteiger partial charge in [0, 0.05) is 40.7 Å². The minimum atomic E-state index is -0.835. The van der Waals surface area contributed by atoms with Gasteiger partial charge >= 0.3 is 11.9 Å². The smallest absolute Gasteiger partial charge is 0.309 e. The molecule has 0 aliphatic carbocycles. The molecule has 6 nitrogen and oxygen atoms in total. The third-order valence-corrected chi connectivity index (χ3v) is 11.6. The van der Waals surface area contributed by atoms with Crippen LogP contribution in [0.15, 0.2) is 151 Å². The van der Waals surface area contributed by atoms with Crippen LogP contribution in [-0.2, 0) is 26.8 Å². The summed E-state index contributed by atoms with van der Waals surface area (Å²) >= 11 is 0. The van der Waals surface area contributed by atoms with E-state index in [9.17, 15) is 19.8 Å². The molecule has 0 bridgehead atoms. The van der Waals surface area contributed by atoms with Crippen LogP contribution in [0.2, 0.25) is 0 Å². The summed E-state index contributed by atoms with van der Waals surface area (Å²) in [6, 6.07) is 40.2. The molecule has 1 atom stereocenters. The lowest BCUT2D eigenvalue weighted by Crippen LogP contribution is -2.32. The molecule has 2 heterocycles. The Labute approximate surface area is 321 Å². The van der Waals surface area contributed by atoms with Gasteiger partial charge in [-0.1, -0.05) is 121 Å². The van der Waals surface area contributed by atoms with E-state index in [0.717, 1.165) is 45.4 Å². The quantitative estimate of drug-likeness (QED) is 0.0790. The molecule has 2 N–H and O–H groups in total. The Balaban J connectivity index is 1.25. The minimum Gasteiger partial charge on any atom is -0.481 e. The summed E-state index contributed by atoms with van der Waals surface area (Å²) in [4.78, 5) is 26.2. The number of hydrogen-bond donors (Lipinski definition) is 2. The van der Waals surface area contributed by atoms with Crippen LogP contribution in [0.25, 0.3) is 32.3 Å². The molecule has 6 aromatic rings. The van der Waals surface area contributed by atoms with E-state index in [1.54, 1.807) is 0 Å². The summed E-state index contributed by atoms with van der Waals surface area (Å²) < 4.78 is 2.16. The highest BCUT2D eigenvalue weighted by molar-refractivity contribution is 6.17. The first-order valence-electron chi connectivity index (χ1n) is 19.0. The van der Waals surface area contributed by atoms with Crippen molar-refractivity contribution in [3.63, 3.8) is 0 Å². The van der Waals surface area contributed by atoms with Crippen LogP contribution in [0.4, 0.5) is 11.4 Å². The summed E-state index contributed by atoms with van der Waals surface area (Å²) in [5, 5.41) is 26.6. The number of nitrogens with zero attached hydrogens (tertiary/aromatic N) is 2. The van der Waals surface area contributed by atoms with Crippen molar-refractivity contribution < 1.29 is 24.4 Å². The molecule has 6 heteroatoms. The molecule has 1 unspecified atom stereocenters. The van der Waals surface area contributed by atoms with Crippen molar-refractivity contribution in [1.82, 2.24) is 0 Å². The second-order valence-electron chi connectivity index (χ2n) is 15.4. The van der Waals surface area contributed by atoms with Gasteiger partial charge in [-0.3, -0.25) is 9.59 Å². The van der Waals surface area contributed by atoms with Gasteiger partial charge in [0.1, 0.15) is 6.42 Å². The highest BCUT2D eigenvalue weighted by Crippen LogP contribution is 2.56. The number of rotatable bonds is 11. The number of carboxylic acids is 2. The lowest BCUT2D eigenvalue weighted by Gasteiger charge is -2.31. The maximum absolute atomic E-state index is 12.1. The van der Waals surface area contributed by atoms with Crippen LogP contribution in [-0.4, -0.2) is 45.5 Å². The Morgan fingerprint density at radius 1 is 0.655 bits per heavy atom. The minimum absolute atomic E-state index is 0.00219. The number of carbonyl (C=O) groups is 2. The number of anilines is 1. The maximum Gasteiger partial charge on any atom is 0.309 e. The first-order valence-corrected chi connectivity index (χ1v) is 19.0. The zero-order valence-electron chi connectivity index (χ0n) is 31.5. The molecule has 8 rings (SSSR count). The summed E-state index contributed by atoms with van der Waals surface area (Å²) in [5.41, 5.74) is 6.99. The first kappa shape index (κ1) is 35.7. The Hall–Kier alpha value is -6.27. The highest BCUT2D eigenvalue weighted by Gasteiger charge is 2.47. The van der Waals surface area contributed by atoms with Gasteiger partial charge in [-0.05, 0) is 77.4 Å². The van der Waals surface area contributed by atoms with Crippen LogP contribution in [0, 0.1) is 0 Å². The monoisotopic (exact) mass is 725 g/mol. The van der Waals surface area contributed by atoms with E-state index in [1.807, 2.05) is 24.3 Å². The second kappa shape index (κ2) is 14.2. The Bertz CT molecular complexity index is 2630. The second-order valence-corrected chi connectivity index (χ2v) is 15.4. The van der Waals surface area contributed by atoms with Crippen LogP contribution in [0.1, 0.15) is 50.3 Å². The highest BCUT2D eigenvalue weighted by atomic mass is 16.4. The predicted molar refractivity (Wildman–Crippen MR) is 224 cm³/mol. The number of hydrogen-bond acceptors (Lipinski definition) is 3. The fourth-order valence-electron chi connectivity index (χ4n) is 9.25. The standard InChI is InChI=1S/C49H44N2O4/c1-48(2)41(50(30-28-43(52)53)40-27-26-34-18-10-11-19-35(34)45(40)48)24-8-5-9-25-42-49(3,32-33-16-6-4-7-17-33)46-38-22-14-12-20-36(38)37-21-13-15-23-39(37)47(46)51(42)31-29-44(54)55/h4-27H,28-32H2,1-3H3,(H-,52,53,54,55)/p+1. The van der Waals surface area contributed by atoms with E-state index >= 15 is 0 Å². The molecule has 0 aromatic heterocycles. The summed E-state index contributed by atoms with van der Waals surface area (Å²) in [5.74, 6) is -1.66. The zero-order chi connectivity index (χ0) is 38.3. The van der Waals surface area contributed by atoms with E-state index in [4.69, 9.17) is 0 Å². The van der Waals surface area contributed by atoms with E-state index in [-0.39, 0.29) is 18.3 Å². The van der Waals surface area contributed by atoms with E-state index in [1.165, 1.54) is 32.8 Å². The van der Waals surface area contributed by atoms with Gasteiger partial charge in [-0.15, -0.1) is 0 Å². The van der Waals surface area contributed by atoms with Gasteiger partial charge < -0.3 is 15.1 Å². The van der Waals surface area contributed by atoms with Crippen LogP contribution in [0.3, 0.4) is 0 Å². The predicted octanol–water partition coefficient (Wildman–Crippen LogP) is 10.5. The third-order valence-electron chi connectivity index (χ3n) is 11.6. The van der Waals surface area contributed by atoms with Crippen molar-refractivity contribution in [3.8, 4) is 0 Å². The van der Waals surface area contributed by atoms with Crippen molar-refractivity contribution >= 4 is 61.3 Å². The van der Waals surface area contributed by atoms with Gasteiger partial charge in [0.25, 0.3) is 0 Å². The first-order chi connectivity index (χ1) is 26.6. The van der Waals surface area contributed by atoms with E-state index < -0.39 is 17.4 Å². The average molecular weight is 726 g/mol. The Morgan fingerprint density at radius 3 is 1.98 bits per heavy atom.